The molecule has 0 aromatic carbocycles. The van der Waals surface area contributed by atoms with Crippen molar-refractivity contribution in [3.63, 3.8) is 0 Å². The van der Waals surface area contributed by atoms with Gasteiger partial charge in [0.2, 0.25) is 0 Å². The molecule has 1 aromatic heterocycles. The molecule has 2 N–H and O–H groups in total. The molecule has 1 aromatic rings. The summed E-state index contributed by atoms with van der Waals surface area (Å²) in [6.45, 7) is 0. The number of rotatable bonds is 2. The lowest BCUT2D eigenvalue weighted by atomic mass is 10.2. The molecule has 0 bridgehead atoms. The van der Waals surface area contributed by atoms with E-state index in [0.717, 1.165) is 6.07 Å². The molecule has 0 aliphatic carbocycles. The number of alkyl halides is 4. The number of aromatic nitrogens is 1. The van der Waals surface area contributed by atoms with Crippen LogP contribution < -0.4 is 10.5 Å². The normalized spacial score (nSPS) is 10.9. The van der Waals surface area contributed by atoms with E-state index in [4.69, 9.17) is 22.6 Å². The molecule has 0 aliphatic rings. The number of hydrogen-bond acceptors (Lipinski definition) is 4. The molecule has 86 valence electrons. The standard InChI is InChI=1S/C8H5ClF3N3O/c9-2-4-1-6(14)15-5(3-13)7(4)16-8(10,11)12/h1H,2H2,(H2,14,15). The first-order valence-corrected chi connectivity index (χ1v) is 4.42. The summed E-state index contributed by atoms with van der Waals surface area (Å²) in [5.41, 5.74) is 4.70. The molecule has 0 unspecified atom stereocenters. The fraction of sp³-hybridized carbons (Fsp3) is 0.250. The molecular weight excluding hydrogens is 247 g/mol. The molecule has 0 saturated carbocycles. The van der Waals surface area contributed by atoms with Gasteiger partial charge >= 0.3 is 6.36 Å². The van der Waals surface area contributed by atoms with E-state index in [9.17, 15) is 13.2 Å². The molecule has 8 heteroatoms. The maximum Gasteiger partial charge on any atom is 0.573 e. The van der Waals surface area contributed by atoms with Crippen LogP contribution in [0.3, 0.4) is 0 Å². The Labute approximate surface area is 93.4 Å². The van der Waals surface area contributed by atoms with Gasteiger partial charge in [0.15, 0.2) is 11.4 Å². The van der Waals surface area contributed by atoms with Crippen LogP contribution in [0.1, 0.15) is 11.3 Å². The Hall–Kier alpha value is -1.68. The number of ether oxygens (including phenoxy) is 1. The smallest absolute Gasteiger partial charge is 0.402 e. The Morgan fingerprint density at radius 2 is 2.19 bits per heavy atom. The predicted octanol–water partition coefficient (Wildman–Crippen LogP) is 2.17. The molecular formula is C8H5ClF3N3O. The topological polar surface area (TPSA) is 71.9 Å². The van der Waals surface area contributed by atoms with E-state index < -0.39 is 17.8 Å². The lowest BCUT2D eigenvalue weighted by Crippen LogP contribution is -2.19. The third kappa shape index (κ3) is 2.90. The zero-order chi connectivity index (χ0) is 12.3. The van der Waals surface area contributed by atoms with E-state index in [1.54, 1.807) is 0 Å². The Balaban J connectivity index is 3.29. The predicted molar refractivity (Wildman–Crippen MR) is 49.6 cm³/mol. The number of halogens is 4. The lowest BCUT2D eigenvalue weighted by molar-refractivity contribution is -0.275. The number of anilines is 1. The summed E-state index contributed by atoms with van der Waals surface area (Å²) >= 11 is 5.42. The van der Waals surface area contributed by atoms with Crippen molar-refractivity contribution in [3.8, 4) is 11.8 Å². The molecule has 4 nitrogen and oxygen atoms in total. The van der Waals surface area contributed by atoms with E-state index in [-0.39, 0.29) is 17.3 Å². The van der Waals surface area contributed by atoms with Crippen molar-refractivity contribution in [3.05, 3.63) is 17.3 Å². The molecule has 0 spiro atoms. The molecule has 16 heavy (non-hydrogen) atoms. The first-order valence-electron chi connectivity index (χ1n) is 3.88. The first kappa shape index (κ1) is 12.4. The first-order chi connectivity index (χ1) is 7.37. The number of nitriles is 1. The van der Waals surface area contributed by atoms with Gasteiger partial charge in [-0.05, 0) is 6.07 Å². The van der Waals surface area contributed by atoms with Crippen LogP contribution in [-0.4, -0.2) is 11.3 Å². The number of hydrogen-bond donors (Lipinski definition) is 1. The van der Waals surface area contributed by atoms with Crippen LogP contribution in [0, 0.1) is 11.3 Å². The summed E-state index contributed by atoms with van der Waals surface area (Å²) in [4.78, 5) is 3.42. The molecule has 0 radical (unpaired) electrons. The Morgan fingerprint density at radius 3 is 2.62 bits per heavy atom. The van der Waals surface area contributed by atoms with E-state index in [0.29, 0.717) is 0 Å². The average molecular weight is 252 g/mol. The van der Waals surface area contributed by atoms with Crippen LogP contribution in [-0.2, 0) is 5.88 Å². The van der Waals surface area contributed by atoms with Crippen LogP contribution in [0.25, 0.3) is 0 Å². The quantitative estimate of drug-likeness (QED) is 0.818. The van der Waals surface area contributed by atoms with Crippen LogP contribution in [0.5, 0.6) is 5.75 Å². The summed E-state index contributed by atoms with van der Waals surface area (Å²) in [5, 5.41) is 8.60. The number of nitrogen functional groups attached to an aromatic ring is 1. The minimum absolute atomic E-state index is 0.0389. The fourth-order valence-electron chi connectivity index (χ4n) is 1.01. The Morgan fingerprint density at radius 1 is 1.56 bits per heavy atom. The van der Waals surface area contributed by atoms with Gasteiger partial charge in [0.05, 0.1) is 5.88 Å². The van der Waals surface area contributed by atoms with Crippen LogP contribution >= 0.6 is 11.6 Å². The van der Waals surface area contributed by atoms with Crippen molar-refractivity contribution in [1.82, 2.24) is 4.98 Å². The Bertz CT molecular complexity index is 441. The largest absolute Gasteiger partial charge is 0.573 e. The van der Waals surface area contributed by atoms with Gasteiger partial charge in [-0.2, -0.15) is 5.26 Å². The van der Waals surface area contributed by atoms with E-state index in [1.807, 2.05) is 0 Å². The fourth-order valence-corrected chi connectivity index (χ4v) is 1.21. The second kappa shape index (κ2) is 4.45. The summed E-state index contributed by atoms with van der Waals surface area (Å²) in [7, 11) is 0. The third-order valence-electron chi connectivity index (χ3n) is 1.54. The van der Waals surface area contributed by atoms with E-state index >= 15 is 0 Å². The van der Waals surface area contributed by atoms with Crippen molar-refractivity contribution < 1.29 is 17.9 Å². The molecule has 1 rings (SSSR count). The van der Waals surface area contributed by atoms with Gasteiger partial charge in [0.1, 0.15) is 11.9 Å². The van der Waals surface area contributed by atoms with Crippen molar-refractivity contribution >= 4 is 17.4 Å². The summed E-state index contributed by atoms with van der Waals surface area (Å²) in [6.07, 6.45) is -4.91. The number of nitrogens with two attached hydrogens (primary N) is 1. The maximum absolute atomic E-state index is 12.0. The van der Waals surface area contributed by atoms with Gasteiger partial charge in [-0.3, -0.25) is 0 Å². The van der Waals surface area contributed by atoms with Gasteiger partial charge in [-0.15, -0.1) is 24.8 Å². The molecule has 0 atom stereocenters. The van der Waals surface area contributed by atoms with Crippen LogP contribution in [0.4, 0.5) is 19.0 Å². The van der Waals surface area contributed by atoms with Gasteiger partial charge in [-0.25, -0.2) is 4.98 Å². The van der Waals surface area contributed by atoms with Crippen LogP contribution in [0.2, 0.25) is 0 Å². The van der Waals surface area contributed by atoms with Gasteiger partial charge in [0, 0.05) is 5.56 Å². The minimum atomic E-state index is -4.91. The lowest BCUT2D eigenvalue weighted by Gasteiger charge is -2.13. The molecule has 0 amide bonds. The maximum atomic E-state index is 12.0. The average Bonchev–Trinajstić information content (AvgIpc) is 2.18. The Kier molecular flexibility index (Phi) is 3.44. The zero-order valence-corrected chi connectivity index (χ0v) is 8.43. The van der Waals surface area contributed by atoms with Crippen molar-refractivity contribution in [2.45, 2.75) is 12.2 Å². The summed E-state index contributed by atoms with van der Waals surface area (Å²) in [6, 6.07) is 2.58. The second-order valence-corrected chi connectivity index (χ2v) is 2.94. The number of nitrogens with zero attached hydrogens (tertiary/aromatic N) is 2. The highest BCUT2D eigenvalue weighted by Crippen LogP contribution is 2.31. The molecule has 0 fully saturated rings. The summed E-state index contributed by atoms with van der Waals surface area (Å²) < 4.78 is 39.8. The van der Waals surface area contributed by atoms with Crippen molar-refractivity contribution in [2.75, 3.05) is 5.73 Å². The number of pyridine rings is 1. The highest BCUT2D eigenvalue weighted by molar-refractivity contribution is 6.17. The zero-order valence-electron chi connectivity index (χ0n) is 7.68. The van der Waals surface area contributed by atoms with E-state index in [2.05, 4.69) is 9.72 Å². The van der Waals surface area contributed by atoms with Gasteiger partial charge in [0.25, 0.3) is 0 Å². The highest BCUT2D eigenvalue weighted by Gasteiger charge is 2.33. The molecule has 0 aliphatic heterocycles. The van der Waals surface area contributed by atoms with Gasteiger partial charge in [-0.1, -0.05) is 0 Å². The minimum Gasteiger partial charge on any atom is -0.402 e. The van der Waals surface area contributed by atoms with Crippen molar-refractivity contribution in [2.24, 2.45) is 0 Å². The monoisotopic (exact) mass is 251 g/mol. The van der Waals surface area contributed by atoms with Gasteiger partial charge < -0.3 is 10.5 Å². The highest BCUT2D eigenvalue weighted by atomic mass is 35.5. The van der Waals surface area contributed by atoms with Crippen molar-refractivity contribution in [1.29, 1.82) is 5.26 Å². The van der Waals surface area contributed by atoms with Crippen LogP contribution in [0.15, 0.2) is 6.07 Å². The molecule has 0 saturated heterocycles. The third-order valence-corrected chi connectivity index (χ3v) is 1.83. The summed E-state index contributed by atoms with van der Waals surface area (Å²) in [5.74, 6) is -1.08. The molecule has 1 heterocycles. The van der Waals surface area contributed by atoms with E-state index in [1.165, 1.54) is 6.07 Å². The second-order valence-electron chi connectivity index (χ2n) is 2.68. The SMILES string of the molecule is N#Cc1nc(N)cc(CCl)c1OC(F)(F)F.